The lowest BCUT2D eigenvalue weighted by atomic mass is 10.1. The van der Waals surface area contributed by atoms with E-state index in [0.29, 0.717) is 11.4 Å². The van der Waals surface area contributed by atoms with Gasteiger partial charge in [0.15, 0.2) is 6.61 Å². The quantitative estimate of drug-likeness (QED) is 0.662. The SMILES string of the molecule is CC(C)(CO)NC(=O)Cc1ccc(NC(=O)COc2ccc(F)cc2)cc1. The number of benzene rings is 2. The Bertz CT molecular complexity index is 774. The molecule has 0 unspecified atom stereocenters. The Morgan fingerprint density at radius 1 is 1.04 bits per heavy atom. The summed E-state index contributed by atoms with van der Waals surface area (Å²) >= 11 is 0. The van der Waals surface area contributed by atoms with Crippen molar-refractivity contribution in [2.24, 2.45) is 0 Å². The lowest BCUT2D eigenvalue weighted by molar-refractivity contribution is -0.122. The van der Waals surface area contributed by atoms with Gasteiger partial charge in [0.1, 0.15) is 11.6 Å². The van der Waals surface area contributed by atoms with Crippen molar-refractivity contribution in [2.75, 3.05) is 18.5 Å². The van der Waals surface area contributed by atoms with Crippen LogP contribution in [0.4, 0.5) is 10.1 Å². The van der Waals surface area contributed by atoms with Gasteiger partial charge in [0.25, 0.3) is 5.91 Å². The third kappa shape index (κ3) is 7.07. The zero-order chi connectivity index (χ0) is 19.9. The second-order valence-electron chi connectivity index (χ2n) is 6.75. The van der Waals surface area contributed by atoms with Gasteiger partial charge in [-0.05, 0) is 55.8 Å². The summed E-state index contributed by atoms with van der Waals surface area (Å²) in [5.74, 6) is -0.521. The molecule has 0 bridgehead atoms. The fraction of sp³-hybridized carbons (Fsp3) is 0.300. The van der Waals surface area contributed by atoms with Gasteiger partial charge in [-0.3, -0.25) is 9.59 Å². The van der Waals surface area contributed by atoms with Crippen LogP contribution in [0, 0.1) is 5.82 Å². The van der Waals surface area contributed by atoms with Crippen LogP contribution in [0.15, 0.2) is 48.5 Å². The van der Waals surface area contributed by atoms with E-state index in [4.69, 9.17) is 4.74 Å². The zero-order valence-corrected chi connectivity index (χ0v) is 15.3. The molecule has 2 amide bonds. The predicted molar refractivity (Wildman–Crippen MR) is 100.0 cm³/mol. The summed E-state index contributed by atoms with van der Waals surface area (Å²) < 4.78 is 18.1. The molecule has 0 saturated heterocycles. The molecule has 27 heavy (non-hydrogen) atoms. The van der Waals surface area contributed by atoms with E-state index in [1.165, 1.54) is 24.3 Å². The van der Waals surface area contributed by atoms with Crippen LogP contribution >= 0.6 is 0 Å². The Balaban J connectivity index is 1.81. The van der Waals surface area contributed by atoms with Crippen molar-refractivity contribution in [3.8, 4) is 5.75 Å². The molecule has 2 aromatic rings. The van der Waals surface area contributed by atoms with Gasteiger partial charge < -0.3 is 20.5 Å². The number of halogens is 1. The van der Waals surface area contributed by atoms with Gasteiger partial charge in [0.05, 0.1) is 18.6 Å². The molecule has 2 aromatic carbocycles. The second kappa shape index (κ2) is 9.14. The molecule has 0 atom stereocenters. The maximum absolute atomic E-state index is 12.8. The Morgan fingerprint density at radius 3 is 2.26 bits per heavy atom. The highest BCUT2D eigenvalue weighted by atomic mass is 19.1. The lowest BCUT2D eigenvalue weighted by Gasteiger charge is -2.23. The Morgan fingerprint density at radius 2 is 1.67 bits per heavy atom. The average Bonchev–Trinajstić information content (AvgIpc) is 2.62. The third-order valence-corrected chi connectivity index (χ3v) is 3.66. The molecule has 0 fully saturated rings. The summed E-state index contributed by atoms with van der Waals surface area (Å²) in [6.07, 6.45) is 0.172. The van der Waals surface area contributed by atoms with Crippen molar-refractivity contribution < 1.29 is 23.8 Å². The maximum atomic E-state index is 12.8. The fourth-order valence-corrected chi connectivity index (χ4v) is 2.23. The highest BCUT2D eigenvalue weighted by Crippen LogP contribution is 2.13. The summed E-state index contributed by atoms with van der Waals surface area (Å²) in [6.45, 7) is 3.12. The monoisotopic (exact) mass is 374 g/mol. The molecule has 0 saturated carbocycles. The Kier molecular flexibility index (Phi) is 6.90. The molecule has 0 aliphatic carbocycles. The third-order valence-electron chi connectivity index (χ3n) is 3.66. The number of hydrogen-bond acceptors (Lipinski definition) is 4. The summed E-state index contributed by atoms with van der Waals surface area (Å²) in [7, 11) is 0. The molecule has 2 rings (SSSR count). The van der Waals surface area contributed by atoms with Gasteiger partial charge in [0, 0.05) is 5.69 Å². The first-order valence-corrected chi connectivity index (χ1v) is 8.46. The number of carbonyl (C=O) groups is 2. The summed E-state index contributed by atoms with van der Waals surface area (Å²) in [4.78, 5) is 23.9. The molecule has 0 heterocycles. The first-order valence-electron chi connectivity index (χ1n) is 8.46. The van der Waals surface area contributed by atoms with E-state index < -0.39 is 5.54 Å². The van der Waals surface area contributed by atoms with Crippen molar-refractivity contribution in [1.82, 2.24) is 5.32 Å². The number of rotatable bonds is 8. The number of amides is 2. The van der Waals surface area contributed by atoms with Crippen LogP contribution in [-0.2, 0) is 16.0 Å². The minimum Gasteiger partial charge on any atom is -0.484 e. The minimum absolute atomic E-state index is 0.149. The number of aliphatic hydroxyl groups excluding tert-OH is 1. The van der Waals surface area contributed by atoms with Crippen LogP contribution < -0.4 is 15.4 Å². The number of ether oxygens (including phenoxy) is 1. The van der Waals surface area contributed by atoms with Crippen molar-refractivity contribution in [1.29, 1.82) is 0 Å². The van der Waals surface area contributed by atoms with Crippen molar-refractivity contribution in [3.05, 3.63) is 59.9 Å². The van der Waals surface area contributed by atoms with Gasteiger partial charge in [-0.15, -0.1) is 0 Å². The summed E-state index contributed by atoms with van der Waals surface area (Å²) in [5.41, 5.74) is 0.680. The van der Waals surface area contributed by atoms with Gasteiger partial charge in [-0.2, -0.15) is 0 Å². The van der Waals surface area contributed by atoms with E-state index in [1.807, 2.05) is 0 Å². The molecule has 144 valence electrons. The van der Waals surface area contributed by atoms with Crippen molar-refractivity contribution in [3.63, 3.8) is 0 Å². The van der Waals surface area contributed by atoms with Gasteiger partial charge in [0.2, 0.25) is 5.91 Å². The average molecular weight is 374 g/mol. The molecule has 0 radical (unpaired) electrons. The van der Waals surface area contributed by atoms with Gasteiger partial charge >= 0.3 is 0 Å². The normalized spacial score (nSPS) is 11.0. The smallest absolute Gasteiger partial charge is 0.262 e. The number of aliphatic hydroxyl groups is 1. The van der Waals surface area contributed by atoms with E-state index >= 15 is 0 Å². The Hall–Kier alpha value is -2.93. The predicted octanol–water partition coefficient (Wildman–Crippen LogP) is 2.27. The molecule has 3 N–H and O–H groups in total. The lowest BCUT2D eigenvalue weighted by Crippen LogP contribution is -2.46. The highest BCUT2D eigenvalue weighted by Gasteiger charge is 2.18. The van der Waals surface area contributed by atoms with E-state index in [0.717, 1.165) is 5.56 Å². The van der Waals surface area contributed by atoms with E-state index in [-0.39, 0.29) is 37.3 Å². The van der Waals surface area contributed by atoms with Crippen LogP contribution in [0.2, 0.25) is 0 Å². The topological polar surface area (TPSA) is 87.7 Å². The van der Waals surface area contributed by atoms with Crippen LogP contribution in [0.1, 0.15) is 19.4 Å². The Labute approximate surface area is 157 Å². The van der Waals surface area contributed by atoms with Crippen LogP contribution in [-0.4, -0.2) is 35.7 Å². The van der Waals surface area contributed by atoms with Crippen molar-refractivity contribution >= 4 is 17.5 Å². The highest BCUT2D eigenvalue weighted by molar-refractivity contribution is 5.92. The first kappa shape index (κ1) is 20.4. The largest absolute Gasteiger partial charge is 0.484 e. The number of hydrogen-bond donors (Lipinski definition) is 3. The summed E-state index contributed by atoms with van der Waals surface area (Å²) in [5, 5.41) is 14.6. The first-order chi connectivity index (χ1) is 12.8. The molecule has 0 aromatic heterocycles. The fourth-order valence-electron chi connectivity index (χ4n) is 2.23. The van der Waals surface area contributed by atoms with Gasteiger partial charge in [-0.1, -0.05) is 12.1 Å². The van der Waals surface area contributed by atoms with Crippen molar-refractivity contribution in [2.45, 2.75) is 25.8 Å². The van der Waals surface area contributed by atoms with E-state index in [2.05, 4.69) is 10.6 Å². The molecule has 0 spiro atoms. The maximum Gasteiger partial charge on any atom is 0.262 e. The zero-order valence-electron chi connectivity index (χ0n) is 15.3. The van der Waals surface area contributed by atoms with Crippen LogP contribution in [0.3, 0.4) is 0 Å². The molecule has 0 aliphatic rings. The molecule has 7 heteroatoms. The van der Waals surface area contributed by atoms with E-state index in [1.54, 1.807) is 38.1 Å². The standard InChI is InChI=1S/C20H23FN2O4/c1-20(2,13-24)23-18(25)11-14-3-7-16(8-4-14)22-19(26)12-27-17-9-5-15(21)6-10-17/h3-10,24H,11-13H2,1-2H3,(H,22,26)(H,23,25). The molecular weight excluding hydrogens is 351 g/mol. The number of anilines is 1. The second-order valence-corrected chi connectivity index (χ2v) is 6.75. The number of carbonyl (C=O) groups excluding carboxylic acids is 2. The van der Waals surface area contributed by atoms with Crippen LogP contribution in [0.25, 0.3) is 0 Å². The van der Waals surface area contributed by atoms with Gasteiger partial charge in [-0.25, -0.2) is 4.39 Å². The minimum atomic E-state index is -0.671. The molecule has 6 nitrogen and oxygen atoms in total. The number of nitrogens with one attached hydrogen (secondary N) is 2. The summed E-state index contributed by atoms with van der Waals surface area (Å²) in [6, 6.07) is 12.3. The van der Waals surface area contributed by atoms with E-state index in [9.17, 15) is 19.1 Å². The van der Waals surface area contributed by atoms with Crippen LogP contribution in [0.5, 0.6) is 5.75 Å². The molecular formula is C20H23FN2O4. The molecule has 0 aliphatic heterocycles.